The van der Waals surface area contributed by atoms with Crippen LogP contribution < -0.4 is 5.56 Å². The lowest BCUT2D eigenvalue weighted by molar-refractivity contribution is -0.0107. The van der Waals surface area contributed by atoms with Gasteiger partial charge in [-0.3, -0.25) is 9.69 Å². The molecule has 1 N–H and O–H groups in total. The predicted octanol–water partition coefficient (Wildman–Crippen LogP) is 4.09. The van der Waals surface area contributed by atoms with Gasteiger partial charge in [0.05, 0.1) is 6.54 Å². The fourth-order valence-electron chi connectivity index (χ4n) is 3.64. The van der Waals surface area contributed by atoms with E-state index in [9.17, 15) is 14.7 Å². The number of nitrogens with zero attached hydrogens (tertiary/aromatic N) is 3. The summed E-state index contributed by atoms with van der Waals surface area (Å²) in [6.45, 7) is 9.21. The molecule has 2 aromatic rings. The van der Waals surface area contributed by atoms with Gasteiger partial charge in [-0.2, -0.15) is 0 Å². The number of piperazine rings is 1. The van der Waals surface area contributed by atoms with Crippen LogP contribution in [0.1, 0.15) is 44.7 Å². The lowest BCUT2D eigenvalue weighted by Crippen LogP contribution is -2.50. The van der Waals surface area contributed by atoms with Crippen molar-refractivity contribution in [2.45, 2.75) is 52.3 Å². The SMILES string of the molecule is CCC(C)(CC)OC(=O)N1CCN(Cc2ccn(Cc3ccc(Cl)cc3)c(=O)c2O)CC1. The Hall–Kier alpha value is -2.51. The molecule has 32 heavy (non-hydrogen) atoms. The highest BCUT2D eigenvalue weighted by Gasteiger charge is 2.29. The predicted molar refractivity (Wildman–Crippen MR) is 125 cm³/mol. The Morgan fingerprint density at radius 2 is 1.69 bits per heavy atom. The van der Waals surface area contributed by atoms with Crippen molar-refractivity contribution in [2.24, 2.45) is 0 Å². The maximum absolute atomic E-state index is 12.6. The van der Waals surface area contributed by atoms with Crippen molar-refractivity contribution in [3.63, 3.8) is 0 Å². The summed E-state index contributed by atoms with van der Waals surface area (Å²) >= 11 is 5.91. The van der Waals surface area contributed by atoms with E-state index in [-0.39, 0.29) is 11.8 Å². The number of pyridine rings is 1. The molecule has 1 aliphatic rings. The van der Waals surface area contributed by atoms with Gasteiger partial charge in [0.25, 0.3) is 5.56 Å². The van der Waals surface area contributed by atoms with E-state index in [0.29, 0.717) is 49.9 Å². The Morgan fingerprint density at radius 1 is 1.06 bits per heavy atom. The monoisotopic (exact) mass is 461 g/mol. The Bertz CT molecular complexity index is 978. The third-order valence-corrected chi connectivity index (χ3v) is 6.60. The summed E-state index contributed by atoms with van der Waals surface area (Å²) in [5.74, 6) is -0.232. The third-order valence-electron chi connectivity index (χ3n) is 6.34. The Labute approximate surface area is 194 Å². The number of carbonyl (C=O) groups is 1. The Balaban J connectivity index is 1.58. The molecule has 0 unspecified atom stereocenters. The van der Waals surface area contributed by atoms with Crippen molar-refractivity contribution >= 4 is 17.7 Å². The molecule has 2 heterocycles. The Kier molecular flexibility index (Phi) is 7.85. The van der Waals surface area contributed by atoms with Crippen LogP contribution in [0.5, 0.6) is 5.75 Å². The molecule has 7 nitrogen and oxygen atoms in total. The number of benzene rings is 1. The average Bonchev–Trinajstić information content (AvgIpc) is 2.80. The van der Waals surface area contributed by atoms with Crippen LogP contribution in [0.15, 0.2) is 41.3 Å². The molecule has 1 aromatic carbocycles. The second kappa shape index (κ2) is 10.4. The van der Waals surface area contributed by atoms with Crippen molar-refractivity contribution in [3.8, 4) is 5.75 Å². The van der Waals surface area contributed by atoms with E-state index in [1.165, 1.54) is 4.57 Å². The molecule has 1 saturated heterocycles. The number of ether oxygens (including phenoxy) is 1. The number of hydrogen-bond donors (Lipinski definition) is 1. The van der Waals surface area contributed by atoms with Gasteiger partial charge in [0.2, 0.25) is 0 Å². The molecule has 0 aliphatic carbocycles. The van der Waals surface area contributed by atoms with Crippen molar-refractivity contribution in [1.29, 1.82) is 0 Å². The minimum absolute atomic E-state index is 0.232. The van der Waals surface area contributed by atoms with Crippen LogP contribution in [0.25, 0.3) is 0 Å². The van der Waals surface area contributed by atoms with Crippen LogP contribution >= 0.6 is 11.6 Å². The van der Waals surface area contributed by atoms with Gasteiger partial charge in [0.1, 0.15) is 5.60 Å². The highest BCUT2D eigenvalue weighted by molar-refractivity contribution is 6.30. The molecular formula is C24H32ClN3O4. The minimum atomic E-state index is -0.435. The zero-order valence-electron chi connectivity index (χ0n) is 19.0. The summed E-state index contributed by atoms with van der Waals surface area (Å²) in [7, 11) is 0. The van der Waals surface area contributed by atoms with Crippen molar-refractivity contribution in [1.82, 2.24) is 14.4 Å². The molecule has 0 radical (unpaired) electrons. The molecule has 0 bridgehead atoms. The van der Waals surface area contributed by atoms with Gasteiger partial charge >= 0.3 is 6.09 Å². The number of aromatic hydroxyl groups is 1. The topological polar surface area (TPSA) is 75.0 Å². The molecule has 0 atom stereocenters. The van der Waals surface area contributed by atoms with Gasteiger partial charge in [0, 0.05) is 49.5 Å². The summed E-state index contributed by atoms with van der Waals surface area (Å²) in [5, 5.41) is 11.1. The number of halogens is 1. The van der Waals surface area contributed by atoms with Crippen LogP contribution in [0.4, 0.5) is 4.79 Å². The number of hydrogen-bond acceptors (Lipinski definition) is 5. The van der Waals surface area contributed by atoms with Crippen molar-refractivity contribution < 1.29 is 14.6 Å². The first-order valence-electron chi connectivity index (χ1n) is 11.1. The van der Waals surface area contributed by atoms with E-state index in [4.69, 9.17) is 16.3 Å². The molecule has 8 heteroatoms. The summed E-state index contributed by atoms with van der Waals surface area (Å²) in [4.78, 5) is 29.0. The Morgan fingerprint density at radius 3 is 2.28 bits per heavy atom. The summed E-state index contributed by atoms with van der Waals surface area (Å²) < 4.78 is 7.19. The quantitative estimate of drug-likeness (QED) is 0.672. The molecular weight excluding hydrogens is 430 g/mol. The van der Waals surface area contributed by atoms with Crippen molar-refractivity contribution in [2.75, 3.05) is 26.2 Å². The van der Waals surface area contributed by atoms with E-state index in [2.05, 4.69) is 4.90 Å². The molecule has 0 spiro atoms. The first-order valence-corrected chi connectivity index (χ1v) is 11.5. The van der Waals surface area contributed by atoms with Gasteiger partial charge in [-0.1, -0.05) is 37.6 Å². The molecule has 1 aliphatic heterocycles. The summed E-state index contributed by atoms with van der Waals surface area (Å²) in [6.07, 6.45) is 2.98. The largest absolute Gasteiger partial charge is 0.503 e. The molecule has 1 amide bonds. The highest BCUT2D eigenvalue weighted by atomic mass is 35.5. The smallest absolute Gasteiger partial charge is 0.410 e. The molecule has 1 fully saturated rings. The maximum atomic E-state index is 12.6. The van der Waals surface area contributed by atoms with Crippen LogP contribution in [0.2, 0.25) is 5.02 Å². The summed E-state index contributed by atoms with van der Waals surface area (Å²) in [6, 6.07) is 9.04. The minimum Gasteiger partial charge on any atom is -0.503 e. The second-order valence-corrected chi connectivity index (χ2v) is 8.97. The van der Waals surface area contributed by atoms with Crippen molar-refractivity contribution in [3.05, 3.63) is 63.0 Å². The fraction of sp³-hybridized carbons (Fsp3) is 0.500. The van der Waals surface area contributed by atoms with Gasteiger partial charge in [-0.25, -0.2) is 4.79 Å². The number of rotatable bonds is 7. The second-order valence-electron chi connectivity index (χ2n) is 8.54. The van der Waals surface area contributed by atoms with E-state index >= 15 is 0 Å². The standard InChI is InChI=1S/C24H32ClN3O4/c1-4-24(3,5-2)32-23(31)27-14-12-26(13-15-27)17-19-10-11-28(22(30)21(19)29)16-18-6-8-20(25)9-7-18/h6-11,29H,4-5,12-17H2,1-3H3. The fourth-order valence-corrected chi connectivity index (χ4v) is 3.76. The van der Waals surface area contributed by atoms with Crippen LogP contribution in [0, 0.1) is 0 Å². The van der Waals surface area contributed by atoms with E-state index < -0.39 is 11.2 Å². The number of aromatic nitrogens is 1. The number of carbonyl (C=O) groups excluding carboxylic acids is 1. The van der Waals surface area contributed by atoms with Gasteiger partial charge in [0.15, 0.2) is 5.75 Å². The summed E-state index contributed by atoms with van der Waals surface area (Å²) in [5.41, 5.74) is 0.658. The van der Waals surface area contributed by atoms with Gasteiger partial charge in [-0.15, -0.1) is 0 Å². The zero-order chi connectivity index (χ0) is 23.3. The first-order chi connectivity index (χ1) is 15.2. The van der Waals surface area contributed by atoms with Crippen LogP contribution in [0.3, 0.4) is 0 Å². The van der Waals surface area contributed by atoms with E-state index in [0.717, 1.165) is 18.4 Å². The molecule has 1 aromatic heterocycles. The zero-order valence-corrected chi connectivity index (χ0v) is 19.8. The molecule has 3 rings (SSSR count). The van der Waals surface area contributed by atoms with Crippen LogP contribution in [-0.4, -0.2) is 57.3 Å². The van der Waals surface area contributed by atoms with Gasteiger partial charge < -0.3 is 19.3 Å². The van der Waals surface area contributed by atoms with E-state index in [1.54, 1.807) is 29.3 Å². The lowest BCUT2D eigenvalue weighted by atomic mass is 10.0. The average molecular weight is 462 g/mol. The molecule has 174 valence electrons. The van der Waals surface area contributed by atoms with Gasteiger partial charge in [-0.05, 0) is 43.5 Å². The molecule has 0 saturated carbocycles. The number of amides is 1. The maximum Gasteiger partial charge on any atom is 0.410 e. The van der Waals surface area contributed by atoms with E-state index in [1.807, 2.05) is 32.9 Å². The lowest BCUT2D eigenvalue weighted by Gasteiger charge is -2.36. The normalized spacial score (nSPS) is 15.1. The first kappa shape index (κ1) is 24.1. The third kappa shape index (κ3) is 5.84. The highest BCUT2D eigenvalue weighted by Crippen LogP contribution is 2.22. The van der Waals surface area contributed by atoms with Crippen LogP contribution in [-0.2, 0) is 17.8 Å².